The van der Waals surface area contributed by atoms with Crippen molar-refractivity contribution in [1.82, 2.24) is 4.98 Å². The molecule has 0 aliphatic heterocycles. The largest absolute Gasteiger partial charge is 0.503 e. The van der Waals surface area contributed by atoms with E-state index >= 15 is 0 Å². The van der Waals surface area contributed by atoms with E-state index in [2.05, 4.69) is 4.98 Å². The lowest BCUT2D eigenvalue weighted by Gasteiger charge is -2.27. The fraction of sp³-hybridized carbons (Fsp3) is 0.296. The SMILES string of the molecule is COc1ccnc(C(=O)C[C@@H](C)C(=O)O[C@@H](C)[C@H](Oc2ccc(C)cc2Cl)c2ccc(F)cc2)c1O. The second kappa shape index (κ2) is 11.9. The number of nitrogens with zero attached hydrogens (tertiary/aromatic N) is 1. The molecule has 3 atom stereocenters. The van der Waals surface area contributed by atoms with Crippen LogP contribution < -0.4 is 9.47 Å². The van der Waals surface area contributed by atoms with Gasteiger partial charge in [0.1, 0.15) is 17.7 Å². The van der Waals surface area contributed by atoms with Gasteiger partial charge in [-0.25, -0.2) is 9.37 Å². The van der Waals surface area contributed by atoms with Crippen LogP contribution in [0.1, 0.15) is 48.0 Å². The van der Waals surface area contributed by atoms with Crippen molar-refractivity contribution in [2.45, 2.75) is 39.4 Å². The summed E-state index contributed by atoms with van der Waals surface area (Å²) in [7, 11) is 1.36. The van der Waals surface area contributed by atoms with Gasteiger partial charge >= 0.3 is 5.97 Å². The minimum absolute atomic E-state index is 0.103. The average Bonchev–Trinajstić information content (AvgIpc) is 2.84. The first-order valence-electron chi connectivity index (χ1n) is 11.2. The molecule has 7 nitrogen and oxygen atoms in total. The molecule has 1 aromatic heterocycles. The number of aromatic hydroxyl groups is 1. The maximum Gasteiger partial charge on any atom is 0.309 e. The molecule has 2 aromatic carbocycles. The van der Waals surface area contributed by atoms with Crippen LogP contribution in [0.5, 0.6) is 17.2 Å². The molecule has 9 heteroatoms. The molecule has 3 aromatic rings. The number of pyridine rings is 1. The van der Waals surface area contributed by atoms with E-state index in [9.17, 15) is 19.1 Å². The molecule has 0 bridgehead atoms. The number of halogens is 2. The Morgan fingerprint density at radius 1 is 1.08 bits per heavy atom. The molecule has 0 unspecified atom stereocenters. The zero-order valence-electron chi connectivity index (χ0n) is 20.3. The summed E-state index contributed by atoms with van der Waals surface area (Å²) in [5.41, 5.74) is 1.33. The van der Waals surface area contributed by atoms with Crippen LogP contribution in [-0.2, 0) is 9.53 Å². The number of benzene rings is 2. The third kappa shape index (κ3) is 6.51. The molecule has 190 valence electrons. The zero-order valence-corrected chi connectivity index (χ0v) is 21.1. The molecule has 0 radical (unpaired) electrons. The van der Waals surface area contributed by atoms with Gasteiger partial charge < -0.3 is 19.3 Å². The number of aromatic nitrogens is 1. The Bertz CT molecular complexity index is 1230. The van der Waals surface area contributed by atoms with Crippen LogP contribution in [0, 0.1) is 18.7 Å². The minimum atomic E-state index is -0.843. The van der Waals surface area contributed by atoms with Crippen LogP contribution in [0.2, 0.25) is 5.02 Å². The lowest BCUT2D eigenvalue weighted by atomic mass is 10.0. The summed E-state index contributed by atoms with van der Waals surface area (Å²) in [5, 5.41) is 10.6. The quantitative estimate of drug-likeness (QED) is 0.267. The lowest BCUT2D eigenvalue weighted by Crippen LogP contribution is -2.30. The number of carbonyl (C=O) groups excluding carboxylic acids is 2. The molecule has 0 aliphatic rings. The predicted molar refractivity (Wildman–Crippen MR) is 132 cm³/mol. The summed E-state index contributed by atoms with van der Waals surface area (Å²) < 4.78 is 30.3. The summed E-state index contributed by atoms with van der Waals surface area (Å²) in [5.74, 6) is -2.36. The van der Waals surface area contributed by atoms with Gasteiger partial charge in [0.05, 0.1) is 18.1 Å². The Labute approximate surface area is 213 Å². The van der Waals surface area contributed by atoms with Crippen molar-refractivity contribution in [3.63, 3.8) is 0 Å². The summed E-state index contributed by atoms with van der Waals surface area (Å²) in [6, 6.07) is 12.3. The van der Waals surface area contributed by atoms with Gasteiger partial charge in [0.25, 0.3) is 0 Å². The van der Waals surface area contributed by atoms with Crippen molar-refractivity contribution in [1.29, 1.82) is 0 Å². The van der Waals surface area contributed by atoms with Crippen LogP contribution >= 0.6 is 11.6 Å². The predicted octanol–water partition coefficient (Wildman–Crippen LogP) is 5.86. The molecule has 0 aliphatic carbocycles. The van der Waals surface area contributed by atoms with Gasteiger partial charge in [-0.15, -0.1) is 0 Å². The molecular formula is C27H27ClFNO6. The monoisotopic (exact) mass is 515 g/mol. The van der Waals surface area contributed by atoms with E-state index in [1.807, 2.05) is 13.0 Å². The highest BCUT2D eigenvalue weighted by atomic mass is 35.5. The smallest absolute Gasteiger partial charge is 0.309 e. The normalized spacial score (nSPS) is 13.4. The molecule has 0 saturated carbocycles. The van der Waals surface area contributed by atoms with Crippen LogP contribution in [0.3, 0.4) is 0 Å². The Morgan fingerprint density at radius 2 is 1.78 bits per heavy atom. The Morgan fingerprint density at radius 3 is 2.42 bits per heavy atom. The first-order valence-corrected chi connectivity index (χ1v) is 11.6. The van der Waals surface area contributed by atoms with Crippen LogP contribution in [0.25, 0.3) is 0 Å². The average molecular weight is 516 g/mol. The molecule has 0 amide bonds. The number of methoxy groups -OCH3 is 1. The van der Waals surface area contributed by atoms with Gasteiger partial charge in [0.2, 0.25) is 0 Å². The van der Waals surface area contributed by atoms with Crippen molar-refractivity contribution >= 4 is 23.4 Å². The Kier molecular flexibility index (Phi) is 8.88. The minimum Gasteiger partial charge on any atom is -0.503 e. The van der Waals surface area contributed by atoms with Crippen molar-refractivity contribution in [2.75, 3.05) is 7.11 Å². The lowest BCUT2D eigenvalue weighted by molar-refractivity contribution is -0.157. The number of ether oxygens (including phenoxy) is 3. The Balaban J connectivity index is 1.75. The highest BCUT2D eigenvalue weighted by molar-refractivity contribution is 6.32. The molecule has 1 heterocycles. The standard InChI is InChI=1S/C27H27ClFNO6/c1-15-5-10-22(20(28)13-15)36-26(18-6-8-19(29)9-7-18)17(3)35-27(33)16(2)14-21(31)24-25(32)23(34-4)11-12-30-24/h5-13,16-17,26,32H,14H2,1-4H3/t16-,17+,26+/m1/s1. The summed E-state index contributed by atoms with van der Waals surface area (Å²) in [6.07, 6.45) is -0.536. The summed E-state index contributed by atoms with van der Waals surface area (Å²) >= 11 is 6.33. The van der Waals surface area contributed by atoms with E-state index in [1.54, 1.807) is 19.1 Å². The number of ketones is 1. The fourth-order valence-corrected chi connectivity index (χ4v) is 3.83. The van der Waals surface area contributed by atoms with Gasteiger partial charge in [-0.3, -0.25) is 9.59 Å². The molecule has 3 rings (SSSR count). The first kappa shape index (κ1) is 26.9. The number of rotatable bonds is 10. The highest BCUT2D eigenvalue weighted by Crippen LogP contribution is 2.33. The van der Waals surface area contributed by atoms with Crippen molar-refractivity contribution in [3.8, 4) is 17.2 Å². The van der Waals surface area contributed by atoms with Gasteiger partial charge in [0.15, 0.2) is 29.1 Å². The van der Waals surface area contributed by atoms with Gasteiger partial charge in [-0.2, -0.15) is 0 Å². The van der Waals surface area contributed by atoms with Crippen molar-refractivity contribution in [3.05, 3.63) is 82.4 Å². The van der Waals surface area contributed by atoms with Crippen molar-refractivity contribution < 1.29 is 33.3 Å². The number of hydrogen-bond acceptors (Lipinski definition) is 7. The van der Waals surface area contributed by atoms with Crippen molar-refractivity contribution in [2.24, 2.45) is 5.92 Å². The second-order valence-corrected chi connectivity index (χ2v) is 8.81. The summed E-state index contributed by atoms with van der Waals surface area (Å²) in [4.78, 5) is 29.4. The number of aryl methyl sites for hydroxylation is 1. The fourth-order valence-electron chi connectivity index (χ4n) is 3.55. The first-order chi connectivity index (χ1) is 17.1. The topological polar surface area (TPSA) is 95.0 Å². The van der Waals surface area contributed by atoms with Gasteiger partial charge in [-0.05, 0) is 49.2 Å². The van der Waals surface area contributed by atoms with E-state index in [1.165, 1.54) is 50.6 Å². The number of carbonyl (C=O) groups is 2. The van der Waals surface area contributed by atoms with Gasteiger partial charge in [0, 0.05) is 18.7 Å². The molecule has 0 fully saturated rings. The maximum atomic E-state index is 13.5. The molecule has 36 heavy (non-hydrogen) atoms. The van der Waals surface area contributed by atoms with E-state index in [4.69, 9.17) is 25.8 Å². The van der Waals surface area contributed by atoms with E-state index in [-0.39, 0.29) is 17.9 Å². The molecule has 0 saturated heterocycles. The highest BCUT2D eigenvalue weighted by Gasteiger charge is 2.29. The van der Waals surface area contributed by atoms with Gasteiger partial charge in [-0.1, -0.05) is 36.7 Å². The van der Waals surface area contributed by atoms with Crippen LogP contribution in [0.4, 0.5) is 4.39 Å². The zero-order chi connectivity index (χ0) is 26.4. The second-order valence-electron chi connectivity index (χ2n) is 8.40. The van der Waals surface area contributed by atoms with E-state index < -0.39 is 41.4 Å². The van der Waals surface area contributed by atoms with Crippen LogP contribution in [0.15, 0.2) is 54.7 Å². The third-order valence-electron chi connectivity index (χ3n) is 5.53. The Hall–Kier alpha value is -3.65. The molecule has 0 spiro atoms. The molecule has 1 N–H and O–H groups in total. The third-order valence-corrected chi connectivity index (χ3v) is 5.83. The molecular weight excluding hydrogens is 489 g/mol. The number of hydrogen-bond donors (Lipinski definition) is 1. The maximum absolute atomic E-state index is 13.5. The number of Topliss-reactive ketones (excluding diaryl/α,β-unsaturated/α-hetero) is 1. The number of esters is 1. The summed E-state index contributed by atoms with van der Waals surface area (Å²) in [6.45, 7) is 5.06. The van der Waals surface area contributed by atoms with E-state index in [0.29, 0.717) is 16.3 Å². The van der Waals surface area contributed by atoms with E-state index in [0.717, 1.165) is 5.56 Å². The van der Waals surface area contributed by atoms with Crippen LogP contribution in [-0.4, -0.2) is 35.1 Å².